The van der Waals surface area contributed by atoms with E-state index in [-0.39, 0.29) is 0 Å². The number of rotatable bonds is 3. The molecule has 1 unspecified atom stereocenters. The summed E-state index contributed by atoms with van der Waals surface area (Å²) in [5, 5.41) is 0. The molecule has 1 fully saturated rings. The maximum Gasteiger partial charge on any atom is 0.150 e. The van der Waals surface area contributed by atoms with Crippen molar-refractivity contribution in [2.24, 2.45) is 5.92 Å². The molecule has 0 saturated carbocycles. The van der Waals surface area contributed by atoms with E-state index in [0.29, 0.717) is 5.92 Å². The Hall–Kier alpha value is -1.15. The highest BCUT2D eigenvalue weighted by molar-refractivity contribution is 5.77. The van der Waals surface area contributed by atoms with Gasteiger partial charge in [-0.05, 0) is 24.3 Å². The van der Waals surface area contributed by atoms with E-state index in [1.807, 2.05) is 24.3 Å². The van der Waals surface area contributed by atoms with Gasteiger partial charge in [0.2, 0.25) is 0 Å². The lowest BCUT2D eigenvalue weighted by atomic mass is 9.96. The van der Waals surface area contributed by atoms with Crippen molar-refractivity contribution < 1.29 is 9.53 Å². The van der Waals surface area contributed by atoms with Crippen LogP contribution in [0.1, 0.15) is 22.3 Å². The number of aldehydes is 1. The van der Waals surface area contributed by atoms with Gasteiger partial charge < -0.3 is 4.74 Å². The minimum Gasteiger partial charge on any atom is -0.381 e. The summed E-state index contributed by atoms with van der Waals surface area (Å²) in [6.07, 6.45) is 3.02. The normalized spacial score (nSPS) is 21.0. The number of hydrogen-bond donors (Lipinski definition) is 0. The van der Waals surface area contributed by atoms with E-state index in [4.69, 9.17) is 4.74 Å². The second kappa shape index (κ2) is 4.38. The SMILES string of the molecule is O=Cc1ccccc1CC1CCOC1. The first kappa shape index (κ1) is 9.41. The van der Waals surface area contributed by atoms with E-state index in [2.05, 4.69) is 0 Å². The maximum atomic E-state index is 10.8. The Labute approximate surface area is 83.9 Å². The van der Waals surface area contributed by atoms with E-state index < -0.39 is 0 Å². The highest BCUT2D eigenvalue weighted by Gasteiger charge is 2.16. The molecule has 1 atom stereocenters. The molecule has 0 bridgehead atoms. The van der Waals surface area contributed by atoms with Crippen molar-refractivity contribution in [1.29, 1.82) is 0 Å². The van der Waals surface area contributed by atoms with Crippen molar-refractivity contribution in [2.45, 2.75) is 12.8 Å². The summed E-state index contributed by atoms with van der Waals surface area (Å²) in [6.45, 7) is 1.71. The van der Waals surface area contributed by atoms with Gasteiger partial charge in [-0.15, -0.1) is 0 Å². The lowest BCUT2D eigenvalue weighted by Crippen LogP contribution is -2.05. The van der Waals surface area contributed by atoms with Crippen molar-refractivity contribution in [3.8, 4) is 0 Å². The molecule has 0 amide bonds. The zero-order chi connectivity index (χ0) is 9.80. The molecule has 0 N–H and O–H groups in total. The number of benzene rings is 1. The average molecular weight is 190 g/mol. The summed E-state index contributed by atoms with van der Waals surface area (Å²) < 4.78 is 5.31. The highest BCUT2D eigenvalue weighted by Crippen LogP contribution is 2.19. The third-order valence-electron chi connectivity index (χ3n) is 2.71. The van der Waals surface area contributed by atoms with Crippen LogP contribution in [0, 0.1) is 5.92 Å². The second-order valence-corrected chi connectivity index (χ2v) is 3.75. The van der Waals surface area contributed by atoms with Crippen molar-refractivity contribution >= 4 is 6.29 Å². The van der Waals surface area contributed by atoms with Crippen molar-refractivity contribution in [3.05, 3.63) is 35.4 Å². The molecule has 1 aromatic rings. The summed E-state index contributed by atoms with van der Waals surface area (Å²) in [5.74, 6) is 0.594. The van der Waals surface area contributed by atoms with Crippen LogP contribution >= 0.6 is 0 Å². The Morgan fingerprint density at radius 1 is 1.43 bits per heavy atom. The number of hydrogen-bond acceptors (Lipinski definition) is 2. The van der Waals surface area contributed by atoms with Crippen LogP contribution in [0.5, 0.6) is 0 Å². The fraction of sp³-hybridized carbons (Fsp3) is 0.417. The van der Waals surface area contributed by atoms with Crippen LogP contribution in [0.2, 0.25) is 0 Å². The number of carbonyl (C=O) groups excluding carboxylic acids is 1. The van der Waals surface area contributed by atoms with Gasteiger partial charge in [-0.2, -0.15) is 0 Å². The lowest BCUT2D eigenvalue weighted by molar-refractivity contribution is 0.112. The Bertz CT molecular complexity index is 314. The van der Waals surface area contributed by atoms with E-state index >= 15 is 0 Å². The zero-order valence-electron chi connectivity index (χ0n) is 8.11. The maximum absolute atomic E-state index is 10.8. The summed E-state index contributed by atoms with van der Waals surface area (Å²) >= 11 is 0. The molecular weight excluding hydrogens is 176 g/mol. The third kappa shape index (κ3) is 2.02. The number of carbonyl (C=O) groups is 1. The fourth-order valence-corrected chi connectivity index (χ4v) is 1.89. The highest BCUT2D eigenvalue weighted by atomic mass is 16.5. The molecule has 1 aliphatic rings. The minimum absolute atomic E-state index is 0.594. The first-order chi connectivity index (χ1) is 6.90. The van der Waals surface area contributed by atoms with E-state index in [9.17, 15) is 4.79 Å². The van der Waals surface area contributed by atoms with Gasteiger partial charge in [0.05, 0.1) is 0 Å². The van der Waals surface area contributed by atoms with Crippen LogP contribution in [0.3, 0.4) is 0 Å². The van der Waals surface area contributed by atoms with Gasteiger partial charge in [0.1, 0.15) is 6.29 Å². The zero-order valence-corrected chi connectivity index (χ0v) is 8.11. The Balaban J connectivity index is 2.10. The third-order valence-corrected chi connectivity index (χ3v) is 2.71. The fourth-order valence-electron chi connectivity index (χ4n) is 1.89. The average Bonchev–Trinajstić information content (AvgIpc) is 2.71. The first-order valence-corrected chi connectivity index (χ1v) is 5.01. The standard InChI is InChI=1S/C12H14O2/c13-8-12-4-2-1-3-11(12)7-10-5-6-14-9-10/h1-4,8,10H,5-7,9H2. The van der Waals surface area contributed by atoms with Gasteiger partial charge in [0, 0.05) is 18.8 Å². The molecule has 0 aromatic heterocycles. The van der Waals surface area contributed by atoms with Crippen LogP contribution < -0.4 is 0 Å². The molecule has 0 aliphatic carbocycles. The predicted octanol–water partition coefficient (Wildman–Crippen LogP) is 2.08. The van der Waals surface area contributed by atoms with E-state index in [0.717, 1.165) is 43.5 Å². The molecule has 0 radical (unpaired) electrons. The van der Waals surface area contributed by atoms with Crippen LogP contribution in [-0.2, 0) is 11.2 Å². The molecule has 74 valence electrons. The van der Waals surface area contributed by atoms with Gasteiger partial charge in [-0.25, -0.2) is 0 Å². The van der Waals surface area contributed by atoms with Gasteiger partial charge >= 0.3 is 0 Å². The largest absolute Gasteiger partial charge is 0.381 e. The lowest BCUT2D eigenvalue weighted by Gasteiger charge is -2.08. The molecule has 2 heteroatoms. The molecule has 1 saturated heterocycles. The van der Waals surface area contributed by atoms with Gasteiger partial charge in [0.25, 0.3) is 0 Å². The van der Waals surface area contributed by atoms with Crippen LogP contribution in [0.15, 0.2) is 24.3 Å². The predicted molar refractivity (Wildman–Crippen MR) is 54.5 cm³/mol. The van der Waals surface area contributed by atoms with Crippen molar-refractivity contribution in [2.75, 3.05) is 13.2 Å². The van der Waals surface area contributed by atoms with E-state index in [1.165, 1.54) is 0 Å². The van der Waals surface area contributed by atoms with Crippen LogP contribution in [-0.4, -0.2) is 19.5 Å². The first-order valence-electron chi connectivity index (χ1n) is 5.01. The summed E-state index contributed by atoms with van der Waals surface area (Å²) in [7, 11) is 0. The monoisotopic (exact) mass is 190 g/mol. The van der Waals surface area contributed by atoms with Gasteiger partial charge in [-0.3, -0.25) is 4.79 Å². The van der Waals surface area contributed by atoms with Gasteiger partial charge in [-0.1, -0.05) is 24.3 Å². The van der Waals surface area contributed by atoms with Crippen molar-refractivity contribution in [1.82, 2.24) is 0 Å². The molecule has 1 heterocycles. The van der Waals surface area contributed by atoms with Crippen LogP contribution in [0.25, 0.3) is 0 Å². The van der Waals surface area contributed by atoms with Crippen LogP contribution in [0.4, 0.5) is 0 Å². The molecule has 1 aromatic carbocycles. The topological polar surface area (TPSA) is 26.3 Å². The Morgan fingerprint density at radius 2 is 2.29 bits per heavy atom. The quantitative estimate of drug-likeness (QED) is 0.682. The van der Waals surface area contributed by atoms with Crippen molar-refractivity contribution in [3.63, 3.8) is 0 Å². The number of ether oxygens (including phenoxy) is 1. The molecular formula is C12H14O2. The molecule has 1 aliphatic heterocycles. The minimum atomic E-state index is 0.594. The molecule has 2 rings (SSSR count). The Kier molecular flexibility index (Phi) is 2.94. The van der Waals surface area contributed by atoms with E-state index in [1.54, 1.807) is 0 Å². The molecule has 0 spiro atoms. The molecule has 14 heavy (non-hydrogen) atoms. The van der Waals surface area contributed by atoms with Gasteiger partial charge in [0.15, 0.2) is 0 Å². The Morgan fingerprint density at radius 3 is 3.00 bits per heavy atom. The second-order valence-electron chi connectivity index (χ2n) is 3.75. The summed E-state index contributed by atoms with van der Waals surface area (Å²) in [6, 6.07) is 7.79. The summed E-state index contributed by atoms with van der Waals surface area (Å²) in [5.41, 5.74) is 1.97. The smallest absolute Gasteiger partial charge is 0.150 e. The summed E-state index contributed by atoms with van der Waals surface area (Å²) in [4.78, 5) is 10.8. The molecule has 2 nitrogen and oxygen atoms in total.